The van der Waals surface area contributed by atoms with E-state index in [1.807, 2.05) is 0 Å². The van der Waals surface area contributed by atoms with E-state index in [1.165, 1.54) is 37.8 Å². The summed E-state index contributed by atoms with van der Waals surface area (Å²) in [5.41, 5.74) is 0. The minimum absolute atomic E-state index is 0.00558. The Bertz CT molecular complexity index is 527. The second-order valence-corrected chi connectivity index (χ2v) is 6.51. The van der Waals surface area contributed by atoms with Crippen LogP contribution >= 0.6 is 0 Å². The van der Waals surface area contributed by atoms with Crippen molar-refractivity contribution in [2.75, 3.05) is 6.61 Å². The summed E-state index contributed by atoms with van der Waals surface area (Å²) in [7, 11) is 0. The van der Waals surface area contributed by atoms with Crippen LogP contribution in [0.4, 0.5) is 4.39 Å². The van der Waals surface area contributed by atoms with E-state index >= 15 is 0 Å². The fourth-order valence-electron chi connectivity index (χ4n) is 3.28. The number of carbonyl (C=O) groups is 1. The lowest BCUT2D eigenvalue weighted by molar-refractivity contribution is -0.140. The lowest BCUT2D eigenvalue weighted by Crippen LogP contribution is -2.26. The number of nitrogens with zero attached hydrogens (tertiary/aromatic N) is 1. The molecule has 1 aliphatic carbocycles. The van der Waals surface area contributed by atoms with Gasteiger partial charge in [0, 0.05) is 6.07 Å². The van der Waals surface area contributed by atoms with Crippen molar-refractivity contribution in [1.29, 1.82) is 0 Å². The third kappa shape index (κ3) is 5.46. The van der Waals surface area contributed by atoms with Crippen LogP contribution in [0.1, 0.15) is 65.2 Å². The first-order chi connectivity index (χ1) is 11.6. The normalized spacial score (nSPS) is 20.6. The molecule has 4 nitrogen and oxygen atoms in total. The molecule has 1 aliphatic rings. The predicted molar refractivity (Wildman–Crippen MR) is 90.6 cm³/mol. The van der Waals surface area contributed by atoms with Crippen molar-refractivity contribution < 1.29 is 18.7 Å². The second-order valence-electron chi connectivity index (χ2n) is 6.51. The molecular formula is C19H28FNO3. The molecule has 5 heteroatoms. The summed E-state index contributed by atoms with van der Waals surface area (Å²) in [5, 5.41) is 0. The van der Waals surface area contributed by atoms with Crippen molar-refractivity contribution in [1.82, 2.24) is 4.98 Å². The van der Waals surface area contributed by atoms with Crippen LogP contribution in [0.5, 0.6) is 11.6 Å². The second kappa shape index (κ2) is 9.60. The molecule has 0 saturated heterocycles. The number of aromatic nitrogens is 1. The SMILES string of the molecule is CCCCCC1CCC(C(=O)Oc2ccc(OCC)c(F)n2)CC1. The Hall–Kier alpha value is -1.65. The molecule has 0 atom stereocenters. The molecule has 0 bridgehead atoms. The van der Waals surface area contributed by atoms with Gasteiger partial charge in [0.1, 0.15) is 0 Å². The third-order valence-electron chi connectivity index (χ3n) is 4.69. The number of hydrogen-bond acceptors (Lipinski definition) is 4. The predicted octanol–water partition coefficient (Wildman–Crippen LogP) is 4.91. The highest BCUT2D eigenvalue weighted by atomic mass is 19.1. The van der Waals surface area contributed by atoms with Gasteiger partial charge in [0.05, 0.1) is 12.5 Å². The molecule has 0 N–H and O–H groups in total. The van der Waals surface area contributed by atoms with E-state index in [4.69, 9.17) is 9.47 Å². The van der Waals surface area contributed by atoms with Crippen molar-refractivity contribution >= 4 is 5.97 Å². The molecule has 0 aliphatic heterocycles. The minimum atomic E-state index is -0.748. The number of ether oxygens (including phenoxy) is 2. The monoisotopic (exact) mass is 337 g/mol. The van der Waals surface area contributed by atoms with Gasteiger partial charge in [-0.3, -0.25) is 4.79 Å². The number of rotatable bonds is 8. The maximum Gasteiger partial charge on any atom is 0.315 e. The van der Waals surface area contributed by atoms with Gasteiger partial charge in [0.15, 0.2) is 5.75 Å². The Kier molecular flexibility index (Phi) is 7.47. The van der Waals surface area contributed by atoms with Crippen LogP contribution in [-0.4, -0.2) is 17.6 Å². The first kappa shape index (κ1) is 18.7. The first-order valence-corrected chi connectivity index (χ1v) is 9.15. The number of carbonyl (C=O) groups excluding carboxylic acids is 1. The van der Waals surface area contributed by atoms with Crippen molar-refractivity contribution in [2.45, 2.75) is 65.2 Å². The molecule has 0 radical (unpaired) electrons. The lowest BCUT2D eigenvalue weighted by atomic mass is 9.80. The van der Waals surface area contributed by atoms with Crippen molar-refractivity contribution in [3.63, 3.8) is 0 Å². The topological polar surface area (TPSA) is 48.4 Å². The lowest BCUT2D eigenvalue weighted by Gasteiger charge is -2.27. The fraction of sp³-hybridized carbons (Fsp3) is 0.684. The minimum Gasteiger partial charge on any atom is -0.489 e. The number of unbranched alkanes of at least 4 members (excludes halogenated alkanes) is 2. The van der Waals surface area contributed by atoms with Gasteiger partial charge in [-0.05, 0) is 44.6 Å². The molecule has 24 heavy (non-hydrogen) atoms. The Morgan fingerprint density at radius 2 is 1.96 bits per heavy atom. The largest absolute Gasteiger partial charge is 0.489 e. The highest BCUT2D eigenvalue weighted by Crippen LogP contribution is 2.33. The third-order valence-corrected chi connectivity index (χ3v) is 4.69. The van der Waals surface area contributed by atoms with Gasteiger partial charge in [0.2, 0.25) is 5.88 Å². The Labute approximate surface area is 143 Å². The molecule has 0 unspecified atom stereocenters. The van der Waals surface area contributed by atoms with E-state index in [2.05, 4.69) is 11.9 Å². The first-order valence-electron chi connectivity index (χ1n) is 9.15. The van der Waals surface area contributed by atoms with Gasteiger partial charge in [-0.25, -0.2) is 0 Å². The van der Waals surface area contributed by atoms with Gasteiger partial charge >= 0.3 is 5.97 Å². The van der Waals surface area contributed by atoms with Gasteiger partial charge in [-0.2, -0.15) is 9.37 Å². The van der Waals surface area contributed by atoms with E-state index in [9.17, 15) is 9.18 Å². The van der Waals surface area contributed by atoms with E-state index in [0.717, 1.165) is 31.6 Å². The zero-order valence-corrected chi connectivity index (χ0v) is 14.7. The van der Waals surface area contributed by atoms with Crippen LogP contribution in [0.15, 0.2) is 12.1 Å². The number of halogens is 1. The van der Waals surface area contributed by atoms with Crippen LogP contribution in [0.3, 0.4) is 0 Å². The van der Waals surface area contributed by atoms with Crippen LogP contribution in [-0.2, 0) is 4.79 Å². The van der Waals surface area contributed by atoms with Gasteiger partial charge in [-0.15, -0.1) is 0 Å². The van der Waals surface area contributed by atoms with Crippen molar-refractivity contribution in [3.05, 3.63) is 18.1 Å². The van der Waals surface area contributed by atoms with E-state index in [-0.39, 0.29) is 23.5 Å². The molecule has 0 amide bonds. The quantitative estimate of drug-likeness (QED) is 0.384. The number of pyridine rings is 1. The Balaban J connectivity index is 1.80. The average molecular weight is 337 g/mol. The number of hydrogen-bond donors (Lipinski definition) is 0. The van der Waals surface area contributed by atoms with Crippen LogP contribution in [0.25, 0.3) is 0 Å². The van der Waals surface area contributed by atoms with Crippen molar-refractivity contribution in [2.24, 2.45) is 11.8 Å². The van der Waals surface area contributed by atoms with E-state index in [0.29, 0.717) is 6.61 Å². The highest BCUT2D eigenvalue weighted by molar-refractivity contribution is 5.74. The summed E-state index contributed by atoms with van der Waals surface area (Å²) in [6, 6.07) is 2.92. The zero-order valence-electron chi connectivity index (χ0n) is 14.7. The molecule has 2 rings (SSSR count). The molecule has 1 fully saturated rings. The summed E-state index contributed by atoms with van der Waals surface area (Å²) >= 11 is 0. The summed E-state index contributed by atoms with van der Waals surface area (Å²) < 4.78 is 24.0. The average Bonchev–Trinajstić information content (AvgIpc) is 2.58. The standard InChI is InChI=1S/C19H28FNO3/c1-3-5-6-7-14-8-10-15(11-9-14)19(22)24-17-13-12-16(23-4-2)18(20)21-17/h12-15H,3-11H2,1-2H3. The Morgan fingerprint density at radius 3 is 2.58 bits per heavy atom. The van der Waals surface area contributed by atoms with E-state index < -0.39 is 5.95 Å². The molecule has 1 aromatic heterocycles. The maximum absolute atomic E-state index is 13.7. The van der Waals surface area contributed by atoms with E-state index in [1.54, 1.807) is 6.92 Å². The molecule has 134 valence electrons. The molecule has 0 aromatic carbocycles. The summed E-state index contributed by atoms with van der Waals surface area (Å²) in [4.78, 5) is 15.9. The van der Waals surface area contributed by atoms with Gasteiger partial charge < -0.3 is 9.47 Å². The smallest absolute Gasteiger partial charge is 0.315 e. The number of esters is 1. The van der Waals surface area contributed by atoms with Crippen LogP contribution in [0, 0.1) is 17.8 Å². The molecule has 1 aromatic rings. The molecule has 1 saturated carbocycles. The summed E-state index contributed by atoms with van der Waals surface area (Å²) in [6.07, 6.45) is 8.95. The summed E-state index contributed by atoms with van der Waals surface area (Å²) in [5.74, 6) is -0.318. The molecular weight excluding hydrogens is 309 g/mol. The van der Waals surface area contributed by atoms with Crippen molar-refractivity contribution in [3.8, 4) is 11.6 Å². The molecule has 1 heterocycles. The maximum atomic E-state index is 13.7. The van der Waals surface area contributed by atoms with Gasteiger partial charge in [-0.1, -0.05) is 32.6 Å². The summed E-state index contributed by atoms with van der Waals surface area (Å²) in [6.45, 7) is 4.34. The fourth-order valence-corrected chi connectivity index (χ4v) is 3.28. The highest BCUT2D eigenvalue weighted by Gasteiger charge is 2.28. The van der Waals surface area contributed by atoms with Gasteiger partial charge in [0.25, 0.3) is 5.95 Å². The Morgan fingerprint density at radius 1 is 1.21 bits per heavy atom. The molecule has 0 spiro atoms. The van der Waals surface area contributed by atoms with Crippen LogP contribution in [0.2, 0.25) is 0 Å². The van der Waals surface area contributed by atoms with Crippen LogP contribution < -0.4 is 9.47 Å². The zero-order chi connectivity index (χ0) is 17.4.